The van der Waals surface area contributed by atoms with Crippen molar-refractivity contribution in [2.24, 2.45) is 4.99 Å². The van der Waals surface area contributed by atoms with Gasteiger partial charge in [-0.05, 0) is 12.2 Å². The average molecular weight is 156 g/mol. The van der Waals surface area contributed by atoms with Gasteiger partial charge >= 0.3 is 0 Å². The predicted molar refractivity (Wildman–Crippen MR) is 37.6 cm³/mol. The molecule has 0 aromatic carbocycles. The Morgan fingerprint density at radius 2 is 2.00 bits per heavy atom. The summed E-state index contributed by atoms with van der Waals surface area (Å²) in [5, 5.41) is 2.62. The molecule has 1 N–H and O–H groups in total. The molecule has 0 spiro atoms. The molecule has 2 unspecified atom stereocenters. The molecule has 2 rings (SSSR count). The third-order valence-electron chi connectivity index (χ3n) is 1.79. The number of hydrogen-bond donors (Lipinski definition) is 1. The monoisotopic (exact) mass is 156 g/mol. The van der Waals surface area contributed by atoms with Crippen LogP contribution in [0.3, 0.4) is 0 Å². The number of halogens is 2. The lowest BCUT2D eigenvalue weighted by Crippen LogP contribution is -2.34. The Labute approximate surface area is 62.3 Å². The van der Waals surface area contributed by atoms with E-state index in [1.807, 2.05) is 0 Å². The van der Waals surface area contributed by atoms with Crippen LogP contribution < -0.4 is 5.32 Å². The average Bonchev–Trinajstić information content (AvgIpc) is 2.45. The molecule has 1 aliphatic heterocycles. The lowest BCUT2D eigenvalue weighted by molar-refractivity contribution is 0.439. The summed E-state index contributed by atoms with van der Waals surface area (Å²) in [6, 6.07) is -1.29. The summed E-state index contributed by atoms with van der Waals surface area (Å²) in [4.78, 5) is 3.73. The Morgan fingerprint density at radius 1 is 1.27 bits per heavy atom. The van der Waals surface area contributed by atoms with E-state index in [2.05, 4.69) is 10.3 Å². The van der Waals surface area contributed by atoms with Gasteiger partial charge in [0.05, 0.1) is 6.34 Å². The lowest BCUT2D eigenvalue weighted by atomic mass is 10.0. The van der Waals surface area contributed by atoms with Gasteiger partial charge in [-0.25, -0.2) is 8.78 Å². The summed E-state index contributed by atoms with van der Waals surface area (Å²) in [7, 11) is 0. The molecule has 0 amide bonds. The minimum atomic E-state index is -0.681. The molecule has 0 saturated carbocycles. The van der Waals surface area contributed by atoms with E-state index in [1.54, 1.807) is 0 Å². The van der Waals surface area contributed by atoms with Crippen molar-refractivity contribution in [1.82, 2.24) is 5.32 Å². The predicted octanol–water partition coefficient (Wildman–Crippen LogP) is 1.08. The standard InChI is InChI=1S/C7H6F2N2/c8-4-1-2-5(9)7-6(4)10-3-11-7/h1-3,6-7H,(H,10,11). The summed E-state index contributed by atoms with van der Waals surface area (Å²) >= 11 is 0. The second-order valence-electron chi connectivity index (χ2n) is 2.47. The van der Waals surface area contributed by atoms with Gasteiger partial charge in [0.2, 0.25) is 0 Å². The van der Waals surface area contributed by atoms with E-state index in [0.29, 0.717) is 0 Å². The van der Waals surface area contributed by atoms with Gasteiger partial charge in [0.1, 0.15) is 23.7 Å². The number of allylic oxidation sites excluding steroid dienone is 2. The van der Waals surface area contributed by atoms with Crippen molar-refractivity contribution in [3.8, 4) is 0 Å². The normalized spacial score (nSPS) is 34.0. The van der Waals surface area contributed by atoms with E-state index in [9.17, 15) is 8.78 Å². The molecule has 11 heavy (non-hydrogen) atoms. The summed E-state index contributed by atoms with van der Waals surface area (Å²) in [6.07, 6.45) is 3.57. The highest BCUT2D eigenvalue weighted by Gasteiger charge is 2.33. The zero-order chi connectivity index (χ0) is 7.84. The number of rotatable bonds is 0. The largest absolute Gasteiger partial charge is 0.365 e. The number of aliphatic imine (C=N–C) groups is 1. The Bertz CT molecular complexity index is 268. The summed E-state index contributed by atoms with van der Waals surface area (Å²) in [5.41, 5.74) is 0. The van der Waals surface area contributed by atoms with Crippen LogP contribution in [-0.4, -0.2) is 18.4 Å². The van der Waals surface area contributed by atoms with Crippen molar-refractivity contribution in [2.75, 3.05) is 0 Å². The van der Waals surface area contributed by atoms with Crippen LogP contribution in [-0.2, 0) is 0 Å². The first-order valence-corrected chi connectivity index (χ1v) is 3.29. The molecule has 1 aliphatic carbocycles. The highest BCUT2D eigenvalue weighted by atomic mass is 19.1. The maximum atomic E-state index is 12.8. The van der Waals surface area contributed by atoms with Crippen LogP contribution >= 0.6 is 0 Å². The van der Waals surface area contributed by atoms with Gasteiger partial charge in [0.25, 0.3) is 0 Å². The second kappa shape index (κ2) is 2.15. The molecule has 2 nitrogen and oxygen atoms in total. The third kappa shape index (κ3) is 0.859. The molecule has 0 saturated heterocycles. The van der Waals surface area contributed by atoms with Crippen molar-refractivity contribution in [3.63, 3.8) is 0 Å². The second-order valence-corrected chi connectivity index (χ2v) is 2.47. The van der Waals surface area contributed by atoms with Crippen molar-refractivity contribution >= 4 is 6.34 Å². The maximum absolute atomic E-state index is 12.8. The molecule has 4 heteroatoms. The smallest absolute Gasteiger partial charge is 0.130 e. The minimum Gasteiger partial charge on any atom is -0.365 e. The van der Waals surface area contributed by atoms with E-state index >= 15 is 0 Å². The SMILES string of the molecule is FC1=CC=C(F)C2NC=NC12. The Kier molecular flexibility index (Phi) is 1.27. The van der Waals surface area contributed by atoms with Gasteiger partial charge in [-0.2, -0.15) is 0 Å². The zero-order valence-electron chi connectivity index (χ0n) is 5.59. The number of nitrogens with one attached hydrogen (secondary N) is 1. The van der Waals surface area contributed by atoms with Crippen LogP contribution in [0.2, 0.25) is 0 Å². The molecule has 0 bridgehead atoms. The van der Waals surface area contributed by atoms with E-state index in [-0.39, 0.29) is 5.83 Å². The first kappa shape index (κ1) is 6.52. The van der Waals surface area contributed by atoms with Crippen LogP contribution in [0.25, 0.3) is 0 Å². The number of nitrogens with zero attached hydrogens (tertiary/aromatic N) is 1. The van der Waals surface area contributed by atoms with Crippen LogP contribution in [0.4, 0.5) is 8.78 Å². The molecule has 1 heterocycles. The maximum Gasteiger partial charge on any atom is 0.130 e. The molecule has 0 radical (unpaired) electrons. The van der Waals surface area contributed by atoms with E-state index in [1.165, 1.54) is 6.34 Å². The molecular formula is C7H6F2N2. The molecule has 0 aromatic rings. The first-order chi connectivity index (χ1) is 5.29. The fourth-order valence-electron chi connectivity index (χ4n) is 1.20. The molecule has 2 atom stereocenters. The Morgan fingerprint density at radius 3 is 2.73 bits per heavy atom. The topological polar surface area (TPSA) is 24.4 Å². The van der Waals surface area contributed by atoms with Crippen LogP contribution in [0.5, 0.6) is 0 Å². The van der Waals surface area contributed by atoms with E-state index < -0.39 is 17.9 Å². The summed E-state index contributed by atoms with van der Waals surface area (Å²) in [6.45, 7) is 0. The minimum absolute atomic E-state index is 0.367. The van der Waals surface area contributed by atoms with E-state index in [4.69, 9.17) is 0 Å². The highest BCUT2D eigenvalue weighted by molar-refractivity contribution is 5.61. The fraction of sp³-hybridized carbons (Fsp3) is 0.286. The van der Waals surface area contributed by atoms with Crippen molar-refractivity contribution in [2.45, 2.75) is 12.1 Å². The van der Waals surface area contributed by atoms with Gasteiger partial charge in [0, 0.05) is 0 Å². The fourth-order valence-corrected chi connectivity index (χ4v) is 1.20. The molecule has 58 valence electrons. The van der Waals surface area contributed by atoms with Gasteiger partial charge in [-0.15, -0.1) is 0 Å². The van der Waals surface area contributed by atoms with Crippen LogP contribution in [0, 0.1) is 0 Å². The van der Waals surface area contributed by atoms with Crippen LogP contribution in [0.1, 0.15) is 0 Å². The van der Waals surface area contributed by atoms with Crippen molar-refractivity contribution in [3.05, 3.63) is 23.8 Å². The molecular weight excluding hydrogens is 150 g/mol. The van der Waals surface area contributed by atoms with Crippen LogP contribution in [0.15, 0.2) is 28.8 Å². The third-order valence-corrected chi connectivity index (χ3v) is 1.79. The number of fused-ring (bicyclic) bond motifs is 1. The number of hydrogen-bond acceptors (Lipinski definition) is 2. The van der Waals surface area contributed by atoms with Crippen molar-refractivity contribution in [1.29, 1.82) is 0 Å². The Balaban J connectivity index is 2.35. The summed E-state index contributed by atoms with van der Waals surface area (Å²) in [5.74, 6) is -0.758. The zero-order valence-corrected chi connectivity index (χ0v) is 5.59. The summed E-state index contributed by atoms with van der Waals surface area (Å²) < 4.78 is 25.6. The van der Waals surface area contributed by atoms with Gasteiger partial charge < -0.3 is 5.32 Å². The highest BCUT2D eigenvalue weighted by Crippen LogP contribution is 2.25. The quantitative estimate of drug-likeness (QED) is 0.557. The van der Waals surface area contributed by atoms with Crippen molar-refractivity contribution < 1.29 is 8.78 Å². The van der Waals surface area contributed by atoms with Gasteiger partial charge in [-0.1, -0.05) is 0 Å². The molecule has 0 fully saturated rings. The Hall–Kier alpha value is -1.19. The molecule has 2 aliphatic rings. The first-order valence-electron chi connectivity index (χ1n) is 3.29. The lowest BCUT2D eigenvalue weighted by Gasteiger charge is -2.17. The molecule has 0 aromatic heterocycles. The van der Waals surface area contributed by atoms with E-state index in [0.717, 1.165) is 12.2 Å². The van der Waals surface area contributed by atoms with Gasteiger partial charge in [0.15, 0.2) is 0 Å². The van der Waals surface area contributed by atoms with Gasteiger partial charge in [-0.3, -0.25) is 4.99 Å².